The van der Waals surface area contributed by atoms with Crippen molar-refractivity contribution in [2.24, 2.45) is 0 Å². The van der Waals surface area contributed by atoms with Gasteiger partial charge in [0.2, 0.25) is 5.82 Å². The van der Waals surface area contributed by atoms with Gasteiger partial charge in [-0.1, -0.05) is 12.1 Å². The highest BCUT2D eigenvalue weighted by atomic mass is 79.9. The van der Waals surface area contributed by atoms with Crippen LogP contribution in [0.3, 0.4) is 0 Å². The molecule has 208 valence electrons. The maximum Gasteiger partial charge on any atom is 0.269 e. The van der Waals surface area contributed by atoms with Gasteiger partial charge < -0.3 is 9.64 Å². The molecule has 3 fully saturated rings. The van der Waals surface area contributed by atoms with Crippen molar-refractivity contribution in [3.05, 3.63) is 51.9 Å². The van der Waals surface area contributed by atoms with Gasteiger partial charge in [-0.25, -0.2) is 4.98 Å². The Morgan fingerprint density at radius 2 is 1.79 bits per heavy atom. The van der Waals surface area contributed by atoms with Crippen LogP contribution in [0, 0.1) is 11.3 Å². The van der Waals surface area contributed by atoms with Crippen LogP contribution < -0.4 is 10.4 Å². The Bertz CT molecular complexity index is 1150. The minimum atomic E-state index is -0.218. The van der Waals surface area contributed by atoms with Crippen LogP contribution in [0.2, 0.25) is 0 Å². The van der Waals surface area contributed by atoms with Crippen molar-refractivity contribution < 1.29 is 9.53 Å². The molecular weight excluding hydrogens is 560 g/mol. The molecular formula is C28H37BrN8O2. The Labute approximate surface area is 239 Å². The van der Waals surface area contributed by atoms with Crippen molar-refractivity contribution in [2.75, 3.05) is 64.5 Å². The first kappa shape index (κ1) is 27.9. The number of piperidine rings is 1. The third kappa shape index (κ3) is 7.13. The van der Waals surface area contributed by atoms with Crippen LogP contribution in [-0.4, -0.2) is 102 Å². The molecule has 5 rings (SSSR count). The number of piperazine rings is 1. The molecule has 1 amide bonds. The molecule has 3 saturated heterocycles. The zero-order valence-corrected chi connectivity index (χ0v) is 24.1. The smallest absolute Gasteiger partial charge is 0.269 e. The number of likely N-dealkylation sites (N-methyl/N-ethyl adjacent to an activating group) is 1. The van der Waals surface area contributed by atoms with Crippen LogP contribution in [0.15, 0.2) is 34.9 Å². The van der Waals surface area contributed by atoms with E-state index in [-0.39, 0.29) is 17.8 Å². The van der Waals surface area contributed by atoms with E-state index >= 15 is 0 Å². The molecule has 1 N–H and O–H groups in total. The number of nitrogens with one attached hydrogen (secondary N) is 1. The van der Waals surface area contributed by atoms with Crippen molar-refractivity contribution in [3.63, 3.8) is 0 Å². The number of aromatic nitrogens is 2. The van der Waals surface area contributed by atoms with E-state index in [0.29, 0.717) is 35.1 Å². The average Bonchev–Trinajstić information content (AvgIpc) is 2.98. The van der Waals surface area contributed by atoms with E-state index in [1.807, 2.05) is 18.2 Å². The quantitative estimate of drug-likeness (QED) is 0.483. The highest BCUT2D eigenvalue weighted by Crippen LogP contribution is 2.27. The van der Waals surface area contributed by atoms with Gasteiger partial charge in [0.05, 0.1) is 10.5 Å². The zero-order valence-electron chi connectivity index (χ0n) is 22.6. The Morgan fingerprint density at radius 1 is 1.10 bits per heavy atom. The fraction of sp³-hybridized carbons (Fsp3) is 0.571. The molecule has 0 unspecified atom stereocenters. The number of benzene rings is 1. The van der Waals surface area contributed by atoms with E-state index in [1.165, 1.54) is 44.6 Å². The van der Waals surface area contributed by atoms with Crippen LogP contribution >= 0.6 is 15.9 Å². The lowest BCUT2D eigenvalue weighted by molar-refractivity contribution is 0.0658. The average molecular weight is 598 g/mol. The van der Waals surface area contributed by atoms with E-state index in [4.69, 9.17) is 4.74 Å². The molecule has 1 aromatic heterocycles. The monoisotopic (exact) mass is 596 g/mol. The van der Waals surface area contributed by atoms with Crippen molar-refractivity contribution in [2.45, 2.75) is 44.3 Å². The first-order valence-electron chi connectivity index (χ1n) is 13.8. The van der Waals surface area contributed by atoms with Gasteiger partial charge in [-0.3, -0.25) is 25.0 Å². The molecule has 0 bridgehead atoms. The maximum absolute atomic E-state index is 13.3. The largest absolute Gasteiger partial charge is 0.381 e. The summed E-state index contributed by atoms with van der Waals surface area (Å²) in [5.41, 5.74) is 4.83. The number of hydrogen-bond acceptors (Lipinski definition) is 9. The second kappa shape index (κ2) is 13.2. The Kier molecular flexibility index (Phi) is 9.42. The lowest BCUT2D eigenvalue weighted by Crippen LogP contribution is -2.52. The number of hydrazine groups is 1. The Morgan fingerprint density at radius 3 is 2.46 bits per heavy atom. The van der Waals surface area contributed by atoms with Gasteiger partial charge >= 0.3 is 0 Å². The predicted octanol–water partition coefficient (Wildman–Crippen LogP) is 2.65. The highest BCUT2D eigenvalue weighted by Gasteiger charge is 2.28. The van der Waals surface area contributed by atoms with Crippen molar-refractivity contribution in [3.8, 4) is 6.07 Å². The SMILES string of the molecule is CN1CCN(C2CCN(Cc3ccc(C(=O)NN(c4nc(C#N)ncc4Br)C4CCOCC4)cc3)CC2)CC1. The van der Waals surface area contributed by atoms with Crippen LogP contribution in [-0.2, 0) is 11.3 Å². The second-order valence-corrected chi connectivity index (χ2v) is 11.5. The lowest BCUT2D eigenvalue weighted by Gasteiger charge is -2.42. The number of anilines is 1. The van der Waals surface area contributed by atoms with E-state index < -0.39 is 0 Å². The standard InChI is InChI=1S/C28H37BrN8O2/c1-34-12-14-36(15-13-34)23-6-10-35(11-7-23)20-21-2-4-22(5-3-21)28(38)33-37(24-8-16-39-17-9-24)27-25(29)19-31-26(18-30)32-27/h2-5,19,23-24H,6-17,20H2,1H3,(H,33,38). The molecule has 4 heterocycles. The molecule has 3 aliphatic rings. The minimum absolute atomic E-state index is 0.00603. The summed E-state index contributed by atoms with van der Waals surface area (Å²) in [7, 11) is 2.21. The molecule has 39 heavy (non-hydrogen) atoms. The molecule has 0 saturated carbocycles. The van der Waals surface area contributed by atoms with Crippen molar-refractivity contribution in [1.82, 2.24) is 30.1 Å². The first-order valence-corrected chi connectivity index (χ1v) is 14.6. The number of nitriles is 1. The third-order valence-electron chi connectivity index (χ3n) is 8.07. The number of rotatable bonds is 7. The van der Waals surface area contributed by atoms with Crippen molar-refractivity contribution in [1.29, 1.82) is 5.26 Å². The van der Waals surface area contributed by atoms with Gasteiger partial charge in [-0.2, -0.15) is 10.2 Å². The lowest BCUT2D eigenvalue weighted by atomic mass is 10.0. The molecule has 3 aliphatic heterocycles. The molecule has 0 radical (unpaired) electrons. The van der Waals surface area contributed by atoms with Gasteiger partial charge in [0, 0.05) is 63.7 Å². The predicted molar refractivity (Wildman–Crippen MR) is 152 cm³/mol. The molecule has 2 aromatic rings. The summed E-state index contributed by atoms with van der Waals surface area (Å²) in [4.78, 5) is 29.3. The number of hydrogen-bond donors (Lipinski definition) is 1. The summed E-state index contributed by atoms with van der Waals surface area (Å²) in [5.74, 6) is 0.305. The summed E-state index contributed by atoms with van der Waals surface area (Å²) in [6.45, 7) is 9.04. The fourth-order valence-electron chi connectivity index (χ4n) is 5.66. The minimum Gasteiger partial charge on any atom is -0.381 e. The van der Waals surface area contributed by atoms with Crippen LogP contribution in [0.1, 0.15) is 47.4 Å². The van der Waals surface area contributed by atoms with Crippen molar-refractivity contribution >= 4 is 27.7 Å². The molecule has 0 aliphatic carbocycles. The van der Waals surface area contributed by atoms with Gasteiger partial charge in [0.1, 0.15) is 6.07 Å². The van der Waals surface area contributed by atoms with E-state index in [0.717, 1.165) is 32.5 Å². The highest BCUT2D eigenvalue weighted by molar-refractivity contribution is 9.10. The van der Waals surface area contributed by atoms with Gasteiger partial charge in [0.25, 0.3) is 5.91 Å². The zero-order chi connectivity index (χ0) is 27.2. The number of halogens is 1. The maximum atomic E-state index is 13.3. The van der Waals surface area contributed by atoms with Gasteiger partial charge in [-0.05, 0) is 79.4 Å². The molecule has 1 aromatic carbocycles. The third-order valence-corrected chi connectivity index (χ3v) is 8.62. The number of amides is 1. The molecule has 0 atom stereocenters. The Balaban J connectivity index is 1.19. The topological polar surface area (TPSA) is 101 Å². The first-order chi connectivity index (χ1) is 19.0. The van der Waals surface area contributed by atoms with E-state index in [9.17, 15) is 10.1 Å². The number of nitrogens with zero attached hydrogens (tertiary/aromatic N) is 7. The number of carbonyl (C=O) groups is 1. The molecule has 0 spiro atoms. The van der Waals surface area contributed by atoms with E-state index in [2.05, 4.69) is 65.2 Å². The van der Waals surface area contributed by atoms with Gasteiger partial charge in [-0.15, -0.1) is 0 Å². The van der Waals surface area contributed by atoms with Crippen LogP contribution in [0.4, 0.5) is 5.82 Å². The molecule has 11 heteroatoms. The summed E-state index contributed by atoms with van der Waals surface area (Å²) >= 11 is 3.49. The number of ether oxygens (including phenoxy) is 1. The van der Waals surface area contributed by atoms with Crippen LogP contribution in [0.25, 0.3) is 0 Å². The van der Waals surface area contributed by atoms with E-state index in [1.54, 1.807) is 11.2 Å². The summed E-state index contributed by atoms with van der Waals surface area (Å²) in [6, 6.07) is 10.6. The fourth-order valence-corrected chi connectivity index (χ4v) is 6.05. The number of likely N-dealkylation sites (tertiary alicyclic amines) is 1. The van der Waals surface area contributed by atoms with Crippen LogP contribution in [0.5, 0.6) is 0 Å². The normalized spacial score (nSPS) is 20.4. The van der Waals surface area contributed by atoms with Gasteiger partial charge in [0.15, 0.2) is 5.82 Å². The number of carbonyl (C=O) groups excluding carboxylic acids is 1. The molecule has 10 nitrogen and oxygen atoms in total. The summed E-state index contributed by atoms with van der Waals surface area (Å²) in [6.07, 6.45) is 5.46. The summed E-state index contributed by atoms with van der Waals surface area (Å²) < 4.78 is 6.13. The summed E-state index contributed by atoms with van der Waals surface area (Å²) in [5, 5.41) is 11.1. The Hall–Kier alpha value is -2.62. The second-order valence-electron chi connectivity index (χ2n) is 10.7.